The van der Waals surface area contributed by atoms with Gasteiger partial charge in [-0.15, -0.1) is 22.7 Å². The molecule has 0 N–H and O–H groups in total. The maximum absolute atomic E-state index is 13.0. The summed E-state index contributed by atoms with van der Waals surface area (Å²) in [6.45, 7) is 3.89. The standard InChI is InChI=1S/C19H13N3OS2/c1-12-5-6-16(13(2)8-12)22-18(23)17(9-15-4-3-7-24-15)25-19(22)14(10-20)11-21/h3-9H,1-2H3/b17-9+. The molecule has 0 atom stereocenters. The average Bonchev–Trinajstić information content (AvgIpc) is 3.19. The Hall–Kier alpha value is -2.93. The lowest BCUT2D eigenvalue weighted by molar-refractivity contribution is 0.973. The molecule has 0 fully saturated rings. The van der Waals surface area contributed by atoms with E-state index in [9.17, 15) is 15.3 Å². The van der Waals surface area contributed by atoms with Gasteiger partial charge in [-0.25, -0.2) is 0 Å². The summed E-state index contributed by atoms with van der Waals surface area (Å²) in [6, 6.07) is 13.4. The number of thiophene rings is 1. The van der Waals surface area contributed by atoms with Crippen molar-refractivity contribution in [2.75, 3.05) is 0 Å². The molecule has 0 amide bonds. The van der Waals surface area contributed by atoms with Gasteiger partial charge in [0.15, 0.2) is 5.57 Å². The van der Waals surface area contributed by atoms with Gasteiger partial charge in [0.2, 0.25) is 0 Å². The Kier molecular flexibility index (Phi) is 4.67. The Bertz CT molecular complexity index is 1180. The molecule has 4 nitrogen and oxygen atoms in total. The molecular formula is C19H13N3OS2. The summed E-state index contributed by atoms with van der Waals surface area (Å²) < 4.78 is 2.34. The van der Waals surface area contributed by atoms with Crippen LogP contribution in [0.5, 0.6) is 0 Å². The van der Waals surface area contributed by atoms with Crippen molar-refractivity contribution in [1.82, 2.24) is 4.57 Å². The Morgan fingerprint density at radius 1 is 1.20 bits per heavy atom. The highest BCUT2D eigenvalue weighted by molar-refractivity contribution is 7.11. The van der Waals surface area contributed by atoms with Crippen LogP contribution in [-0.2, 0) is 0 Å². The molecule has 0 unspecified atom stereocenters. The van der Waals surface area contributed by atoms with Crippen molar-refractivity contribution in [1.29, 1.82) is 10.5 Å². The van der Waals surface area contributed by atoms with Gasteiger partial charge in [0.05, 0.1) is 10.2 Å². The first-order valence-electron chi connectivity index (χ1n) is 7.44. The van der Waals surface area contributed by atoms with Gasteiger partial charge in [0.1, 0.15) is 16.8 Å². The topological polar surface area (TPSA) is 69.6 Å². The minimum atomic E-state index is -0.219. The Balaban J connectivity index is 2.45. The van der Waals surface area contributed by atoms with Crippen LogP contribution in [0, 0.1) is 36.5 Å². The molecule has 2 aromatic heterocycles. The smallest absolute Gasteiger partial charge is 0.267 e. The second-order valence-corrected chi connectivity index (χ2v) is 7.47. The predicted octanol–water partition coefficient (Wildman–Crippen LogP) is 2.60. The van der Waals surface area contributed by atoms with E-state index >= 15 is 0 Å². The highest BCUT2D eigenvalue weighted by atomic mass is 32.1. The van der Waals surface area contributed by atoms with Crippen LogP contribution in [0.15, 0.2) is 40.5 Å². The summed E-state index contributed by atoms with van der Waals surface area (Å²) in [5.74, 6) is 0. The van der Waals surface area contributed by atoms with Crippen molar-refractivity contribution in [3.8, 4) is 17.8 Å². The number of nitrogens with zero attached hydrogens (tertiary/aromatic N) is 3. The van der Waals surface area contributed by atoms with Gasteiger partial charge >= 0.3 is 0 Å². The number of thiazole rings is 1. The molecule has 0 bridgehead atoms. The van der Waals surface area contributed by atoms with Crippen molar-refractivity contribution in [3.63, 3.8) is 0 Å². The Labute approximate surface area is 152 Å². The molecule has 0 saturated heterocycles. The largest absolute Gasteiger partial charge is 0.273 e. The Morgan fingerprint density at radius 3 is 2.56 bits per heavy atom. The molecule has 0 spiro atoms. The number of hydrogen-bond acceptors (Lipinski definition) is 5. The van der Waals surface area contributed by atoms with E-state index < -0.39 is 0 Å². The lowest BCUT2D eigenvalue weighted by atomic mass is 10.1. The number of aryl methyl sites for hydroxylation is 2. The van der Waals surface area contributed by atoms with E-state index in [1.165, 1.54) is 27.2 Å². The van der Waals surface area contributed by atoms with Gasteiger partial charge < -0.3 is 0 Å². The summed E-state index contributed by atoms with van der Waals surface area (Å²) in [6.07, 6.45) is 1.80. The fourth-order valence-corrected chi connectivity index (χ4v) is 4.32. The van der Waals surface area contributed by atoms with E-state index in [-0.39, 0.29) is 11.1 Å². The number of hydrogen-bond donors (Lipinski definition) is 0. The van der Waals surface area contributed by atoms with Crippen LogP contribution in [0.3, 0.4) is 0 Å². The maximum Gasteiger partial charge on any atom is 0.273 e. The molecule has 0 aliphatic heterocycles. The van der Waals surface area contributed by atoms with Crippen LogP contribution in [0.4, 0.5) is 0 Å². The molecule has 3 aromatic rings. The van der Waals surface area contributed by atoms with E-state index in [0.717, 1.165) is 16.0 Å². The summed E-state index contributed by atoms with van der Waals surface area (Å²) in [5, 5.41) is 20.5. The lowest BCUT2D eigenvalue weighted by Crippen LogP contribution is -2.31. The second kappa shape index (κ2) is 6.90. The van der Waals surface area contributed by atoms with E-state index in [2.05, 4.69) is 0 Å². The van der Waals surface area contributed by atoms with Crippen LogP contribution >= 0.6 is 22.7 Å². The maximum atomic E-state index is 13.0. The fraction of sp³-hybridized carbons (Fsp3) is 0.105. The number of aromatic nitrogens is 1. The van der Waals surface area contributed by atoms with Gasteiger partial charge in [0, 0.05) is 4.88 Å². The molecule has 0 saturated carbocycles. The van der Waals surface area contributed by atoms with Crippen molar-refractivity contribution >= 4 is 34.3 Å². The molecule has 0 aliphatic rings. The van der Waals surface area contributed by atoms with Crippen LogP contribution in [0.25, 0.3) is 17.3 Å². The first kappa shape index (κ1) is 16.9. The quantitative estimate of drug-likeness (QED) is 0.703. The first-order valence-corrected chi connectivity index (χ1v) is 9.14. The molecule has 1 aromatic carbocycles. The van der Waals surface area contributed by atoms with Crippen LogP contribution < -0.4 is 14.8 Å². The van der Waals surface area contributed by atoms with Crippen LogP contribution in [0.1, 0.15) is 16.0 Å². The van der Waals surface area contributed by atoms with E-state index in [0.29, 0.717) is 14.9 Å². The summed E-state index contributed by atoms with van der Waals surface area (Å²) in [4.78, 5) is 14.0. The highest BCUT2D eigenvalue weighted by Gasteiger charge is 2.13. The third-order valence-electron chi connectivity index (χ3n) is 3.67. The van der Waals surface area contributed by atoms with Crippen molar-refractivity contribution in [3.05, 3.63) is 71.3 Å². The summed E-state index contributed by atoms with van der Waals surface area (Å²) >= 11 is 2.70. The number of nitriles is 2. The van der Waals surface area contributed by atoms with E-state index in [4.69, 9.17) is 0 Å². The Morgan fingerprint density at radius 2 is 1.96 bits per heavy atom. The predicted molar refractivity (Wildman–Crippen MR) is 101 cm³/mol. The summed E-state index contributed by atoms with van der Waals surface area (Å²) in [5.41, 5.74) is 2.41. The molecule has 2 heterocycles. The minimum absolute atomic E-state index is 0.0621. The van der Waals surface area contributed by atoms with Crippen molar-refractivity contribution in [2.24, 2.45) is 0 Å². The average molecular weight is 363 g/mol. The van der Waals surface area contributed by atoms with Gasteiger partial charge in [-0.2, -0.15) is 10.5 Å². The number of rotatable bonds is 2. The highest BCUT2D eigenvalue weighted by Crippen LogP contribution is 2.13. The molecule has 6 heteroatoms. The van der Waals surface area contributed by atoms with Gasteiger partial charge in [-0.3, -0.25) is 9.36 Å². The fourth-order valence-electron chi connectivity index (χ4n) is 2.55. The van der Waals surface area contributed by atoms with Crippen molar-refractivity contribution < 1.29 is 0 Å². The van der Waals surface area contributed by atoms with E-state index in [1.54, 1.807) is 6.08 Å². The van der Waals surface area contributed by atoms with Gasteiger partial charge in [0.25, 0.3) is 5.56 Å². The molecule has 0 radical (unpaired) electrons. The second-order valence-electron chi connectivity index (χ2n) is 5.46. The van der Waals surface area contributed by atoms with Crippen LogP contribution in [0.2, 0.25) is 0 Å². The number of benzene rings is 1. The third kappa shape index (κ3) is 3.18. The molecule has 3 rings (SSSR count). The molecule has 0 aliphatic carbocycles. The summed E-state index contributed by atoms with van der Waals surface area (Å²) in [7, 11) is 0. The molecular weight excluding hydrogens is 350 g/mol. The SMILES string of the molecule is Cc1ccc(-n2c(=C(C#N)C#N)s/c(=C/c3cccs3)c2=O)c(C)c1. The zero-order chi connectivity index (χ0) is 18.0. The van der Waals surface area contributed by atoms with Crippen LogP contribution in [-0.4, -0.2) is 4.57 Å². The normalized spacial score (nSPS) is 11.1. The van der Waals surface area contributed by atoms with Gasteiger partial charge in [-0.05, 0) is 43.0 Å². The molecule has 122 valence electrons. The van der Waals surface area contributed by atoms with Crippen molar-refractivity contribution in [2.45, 2.75) is 13.8 Å². The minimum Gasteiger partial charge on any atom is -0.267 e. The lowest BCUT2D eigenvalue weighted by Gasteiger charge is -2.07. The zero-order valence-corrected chi connectivity index (χ0v) is 15.2. The monoisotopic (exact) mass is 363 g/mol. The first-order chi connectivity index (χ1) is 12.0. The third-order valence-corrected chi connectivity index (χ3v) is 5.58. The van der Waals surface area contributed by atoms with E-state index in [1.807, 2.05) is 61.7 Å². The zero-order valence-electron chi connectivity index (χ0n) is 13.6. The van der Waals surface area contributed by atoms with Gasteiger partial charge in [-0.1, -0.05) is 23.8 Å². The molecule has 25 heavy (non-hydrogen) atoms.